The largest absolute Gasteiger partial charge is 0.497 e. The SMILES string of the molecule is COc1ccc2c(c1)CCN(C1CCN(c3cc(C(=O)N4CCn5cccc5C4)ncn3)CC1)C(=O)N2. The quantitative estimate of drug-likeness (QED) is 0.591. The van der Waals surface area contributed by atoms with Gasteiger partial charge < -0.3 is 29.3 Å². The van der Waals surface area contributed by atoms with Crippen LogP contribution in [0.3, 0.4) is 0 Å². The lowest BCUT2D eigenvalue weighted by molar-refractivity contribution is 0.0705. The summed E-state index contributed by atoms with van der Waals surface area (Å²) >= 11 is 0. The number of methoxy groups -OCH3 is 1. The number of carbonyl (C=O) groups is 2. The van der Waals surface area contributed by atoms with Gasteiger partial charge in [-0.05, 0) is 55.2 Å². The van der Waals surface area contributed by atoms with Crippen molar-refractivity contribution in [1.82, 2.24) is 24.3 Å². The summed E-state index contributed by atoms with van der Waals surface area (Å²) in [6.07, 6.45) is 5.99. The van der Waals surface area contributed by atoms with Crippen LogP contribution in [0.2, 0.25) is 0 Å². The van der Waals surface area contributed by atoms with E-state index in [0.29, 0.717) is 25.3 Å². The number of hydrogen-bond donors (Lipinski definition) is 1. The number of anilines is 2. The summed E-state index contributed by atoms with van der Waals surface area (Å²) in [5.74, 6) is 1.49. The molecule has 192 valence electrons. The number of ether oxygens (including phenoxy) is 1. The van der Waals surface area contributed by atoms with Gasteiger partial charge in [-0.25, -0.2) is 14.8 Å². The average molecular weight is 502 g/mol. The molecule has 3 aromatic rings. The molecule has 0 bridgehead atoms. The van der Waals surface area contributed by atoms with Gasteiger partial charge in [-0.2, -0.15) is 0 Å². The number of nitrogens with one attached hydrogen (secondary N) is 1. The molecule has 1 aromatic carbocycles. The fraction of sp³-hybridized carbons (Fsp3) is 0.407. The van der Waals surface area contributed by atoms with Crippen molar-refractivity contribution in [3.8, 4) is 5.75 Å². The topological polar surface area (TPSA) is 95.8 Å². The van der Waals surface area contributed by atoms with E-state index >= 15 is 0 Å². The molecule has 1 N–H and O–H groups in total. The Morgan fingerprint density at radius 3 is 2.76 bits per heavy atom. The minimum Gasteiger partial charge on any atom is -0.497 e. The van der Waals surface area contributed by atoms with Gasteiger partial charge in [0.2, 0.25) is 0 Å². The van der Waals surface area contributed by atoms with Crippen LogP contribution in [0.15, 0.2) is 48.9 Å². The number of piperidine rings is 1. The van der Waals surface area contributed by atoms with Crippen molar-refractivity contribution in [1.29, 1.82) is 0 Å². The van der Waals surface area contributed by atoms with Crippen molar-refractivity contribution in [3.05, 3.63) is 65.9 Å². The predicted octanol–water partition coefficient (Wildman–Crippen LogP) is 3.00. The molecule has 6 rings (SSSR count). The molecule has 5 heterocycles. The standard InChI is InChI=1S/C27H31N7O3/c1-37-22-4-5-23-19(15-22)6-12-34(27(36)30-23)20-7-10-32(11-8-20)25-16-24(28-18-29-25)26(35)33-14-13-31-9-2-3-21(31)17-33/h2-5,9,15-16,18,20H,6-8,10-14,17H2,1H3,(H,30,36). The number of amides is 3. The first kappa shape index (κ1) is 23.3. The monoisotopic (exact) mass is 501 g/mol. The number of urea groups is 1. The Kier molecular flexibility index (Phi) is 6.15. The normalized spacial score (nSPS) is 18.1. The fourth-order valence-electron chi connectivity index (χ4n) is 5.60. The Balaban J connectivity index is 1.09. The van der Waals surface area contributed by atoms with E-state index in [2.05, 4.69) is 37.0 Å². The Morgan fingerprint density at radius 2 is 1.92 bits per heavy atom. The second kappa shape index (κ2) is 9.76. The average Bonchev–Trinajstić information content (AvgIpc) is 3.35. The first-order chi connectivity index (χ1) is 18.1. The highest BCUT2D eigenvalue weighted by molar-refractivity contribution is 5.93. The van der Waals surface area contributed by atoms with Crippen molar-refractivity contribution in [2.24, 2.45) is 0 Å². The number of benzene rings is 1. The Bertz CT molecular complexity index is 1310. The minimum atomic E-state index is -0.0663. The maximum atomic E-state index is 13.2. The van der Waals surface area contributed by atoms with Gasteiger partial charge in [0.1, 0.15) is 23.6 Å². The highest BCUT2D eigenvalue weighted by Crippen LogP contribution is 2.28. The summed E-state index contributed by atoms with van der Waals surface area (Å²) in [5, 5.41) is 3.07. The minimum absolute atomic E-state index is 0.0510. The molecule has 2 aromatic heterocycles. The van der Waals surface area contributed by atoms with E-state index in [9.17, 15) is 9.59 Å². The molecule has 3 amide bonds. The van der Waals surface area contributed by atoms with Crippen molar-refractivity contribution >= 4 is 23.4 Å². The number of nitrogens with zero attached hydrogens (tertiary/aromatic N) is 6. The molecular weight excluding hydrogens is 470 g/mol. The van der Waals surface area contributed by atoms with Crippen molar-refractivity contribution < 1.29 is 14.3 Å². The summed E-state index contributed by atoms with van der Waals surface area (Å²) < 4.78 is 7.53. The number of carbonyl (C=O) groups excluding carboxylic acids is 2. The highest BCUT2D eigenvalue weighted by Gasteiger charge is 2.31. The molecule has 0 atom stereocenters. The third-order valence-electron chi connectivity index (χ3n) is 7.71. The molecule has 37 heavy (non-hydrogen) atoms. The molecule has 3 aliphatic heterocycles. The van der Waals surface area contributed by atoms with Crippen LogP contribution in [0.4, 0.5) is 16.3 Å². The van der Waals surface area contributed by atoms with Crippen molar-refractivity contribution in [3.63, 3.8) is 0 Å². The summed E-state index contributed by atoms with van der Waals surface area (Å²) in [5.41, 5.74) is 3.50. The first-order valence-corrected chi connectivity index (χ1v) is 12.8. The van der Waals surface area contributed by atoms with Crippen molar-refractivity contribution in [2.45, 2.75) is 38.4 Å². The summed E-state index contributed by atoms with van der Waals surface area (Å²) in [6, 6.07) is 11.8. The van der Waals surface area contributed by atoms with Gasteiger partial charge in [-0.3, -0.25) is 4.79 Å². The molecular formula is C27H31N7O3. The van der Waals surface area contributed by atoms with Gasteiger partial charge in [0.25, 0.3) is 5.91 Å². The molecule has 3 aliphatic rings. The van der Waals surface area contributed by atoms with Crippen LogP contribution >= 0.6 is 0 Å². The molecule has 1 saturated heterocycles. The first-order valence-electron chi connectivity index (χ1n) is 12.8. The lowest BCUT2D eigenvalue weighted by atomic mass is 10.0. The molecule has 10 nitrogen and oxygen atoms in total. The van der Waals surface area contributed by atoms with Crippen LogP contribution in [0.1, 0.15) is 34.6 Å². The van der Waals surface area contributed by atoms with E-state index in [1.165, 1.54) is 6.33 Å². The summed E-state index contributed by atoms with van der Waals surface area (Å²) in [6.45, 7) is 4.24. The summed E-state index contributed by atoms with van der Waals surface area (Å²) in [7, 11) is 1.65. The third-order valence-corrected chi connectivity index (χ3v) is 7.71. The smallest absolute Gasteiger partial charge is 0.322 e. The lowest BCUT2D eigenvalue weighted by Crippen LogP contribution is -2.49. The van der Waals surface area contributed by atoms with Gasteiger partial charge in [0, 0.05) is 62.4 Å². The molecule has 0 spiro atoms. The highest BCUT2D eigenvalue weighted by atomic mass is 16.5. The van der Waals surface area contributed by atoms with Crippen LogP contribution in [-0.2, 0) is 19.5 Å². The summed E-state index contributed by atoms with van der Waals surface area (Å²) in [4.78, 5) is 40.9. The molecule has 10 heteroatoms. The zero-order chi connectivity index (χ0) is 25.4. The third kappa shape index (κ3) is 4.59. The molecule has 1 fully saturated rings. The fourth-order valence-corrected chi connectivity index (χ4v) is 5.60. The van der Waals surface area contributed by atoms with E-state index in [-0.39, 0.29) is 18.0 Å². The van der Waals surface area contributed by atoms with Gasteiger partial charge in [0.15, 0.2) is 0 Å². The zero-order valence-corrected chi connectivity index (χ0v) is 21.0. The van der Waals surface area contributed by atoms with Crippen LogP contribution in [0.5, 0.6) is 5.75 Å². The number of hydrogen-bond acceptors (Lipinski definition) is 6. The van der Waals surface area contributed by atoms with E-state index in [0.717, 1.165) is 67.4 Å². The molecule has 0 unspecified atom stereocenters. The van der Waals surface area contributed by atoms with Gasteiger partial charge >= 0.3 is 6.03 Å². The van der Waals surface area contributed by atoms with Crippen LogP contribution in [0.25, 0.3) is 0 Å². The van der Waals surface area contributed by atoms with Gasteiger partial charge in [-0.15, -0.1) is 0 Å². The zero-order valence-electron chi connectivity index (χ0n) is 21.0. The Morgan fingerprint density at radius 1 is 1.05 bits per heavy atom. The van der Waals surface area contributed by atoms with Gasteiger partial charge in [-0.1, -0.05) is 0 Å². The lowest BCUT2D eigenvalue weighted by Gasteiger charge is -2.38. The van der Waals surface area contributed by atoms with E-state index < -0.39 is 0 Å². The second-order valence-electron chi connectivity index (χ2n) is 9.80. The maximum Gasteiger partial charge on any atom is 0.322 e. The van der Waals surface area contributed by atoms with E-state index in [4.69, 9.17) is 4.74 Å². The Labute approximate surface area is 215 Å². The van der Waals surface area contributed by atoms with Crippen molar-refractivity contribution in [2.75, 3.05) is 43.5 Å². The predicted molar refractivity (Wildman–Crippen MR) is 139 cm³/mol. The van der Waals surface area contributed by atoms with E-state index in [1.807, 2.05) is 34.1 Å². The molecule has 0 saturated carbocycles. The number of fused-ring (bicyclic) bond motifs is 2. The molecule has 0 aliphatic carbocycles. The van der Waals surface area contributed by atoms with Crippen LogP contribution in [0, 0.1) is 0 Å². The van der Waals surface area contributed by atoms with Crippen LogP contribution < -0.4 is 15.0 Å². The Hall–Kier alpha value is -4.08. The van der Waals surface area contributed by atoms with E-state index in [1.54, 1.807) is 13.2 Å². The molecule has 0 radical (unpaired) electrons. The van der Waals surface area contributed by atoms with Crippen LogP contribution in [-0.4, -0.2) is 75.6 Å². The van der Waals surface area contributed by atoms with Gasteiger partial charge in [0.05, 0.1) is 13.7 Å². The number of aromatic nitrogens is 3. The second-order valence-corrected chi connectivity index (χ2v) is 9.80. The maximum absolute atomic E-state index is 13.2. The number of rotatable bonds is 4.